The van der Waals surface area contributed by atoms with Crippen molar-refractivity contribution in [3.8, 4) is 17.2 Å². The van der Waals surface area contributed by atoms with Crippen LogP contribution in [0.15, 0.2) is 42.5 Å². The fourth-order valence-electron chi connectivity index (χ4n) is 2.67. The molecule has 27 heavy (non-hydrogen) atoms. The van der Waals surface area contributed by atoms with Gasteiger partial charge in [0.25, 0.3) is 5.91 Å². The second kappa shape index (κ2) is 8.06. The molecule has 1 aliphatic rings. The van der Waals surface area contributed by atoms with E-state index in [0.717, 1.165) is 0 Å². The number of aliphatic hydroxyl groups is 1. The SMILES string of the molecule is CC(C)(Oc1ccc(Cl)cc1)C(=O)NCC[C@H](O)c1ccc2c(c1)OCO2. The first kappa shape index (κ1) is 19.3. The van der Waals surface area contributed by atoms with Crippen molar-refractivity contribution in [2.75, 3.05) is 13.3 Å². The number of amides is 1. The molecule has 2 N–H and O–H groups in total. The Hall–Kier alpha value is -2.44. The summed E-state index contributed by atoms with van der Waals surface area (Å²) in [6.45, 7) is 3.87. The Morgan fingerprint density at radius 3 is 2.67 bits per heavy atom. The number of carbonyl (C=O) groups is 1. The minimum Gasteiger partial charge on any atom is -0.478 e. The molecule has 7 heteroatoms. The lowest BCUT2D eigenvalue weighted by molar-refractivity contribution is -0.134. The van der Waals surface area contributed by atoms with Crippen LogP contribution in [0.3, 0.4) is 0 Å². The number of halogens is 1. The number of carbonyl (C=O) groups excluding carboxylic acids is 1. The highest BCUT2D eigenvalue weighted by atomic mass is 35.5. The van der Waals surface area contributed by atoms with Gasteiger partial charge in [-0.25, -0.2) is 0 Å². The van der Waals surface area contributed by atoms with Gasteiger partial charge in [-0.05, 0) is 62.2 Å². The third-order valence-electron chi connectivity index (χ3n) is 4.22. The van der Waals surface area contributed by atoms with Crippen LogP contribution in [0.4, 0.5) is 0 Å². The number of fused-ring (bicyclic) bond motifs is 1. The lowest BCUT2D eigenvalue weighted by atomic mass is 10.1. The van der Waals surface area contributed by atoms with Gasteiger partial charge in [0.15, 0.2) is 17.1 Å². The monoisotopic (exact) mass is 391 g/mol. The zero-order valence-corrected chi connectivity index (χ0v) is 16.0. The van der Waals surface area contributed by atoms with Crippen LogP contribution in [-0.4, -0.2) is 30.0 Å². The summed E-state index contributed by atoms with van der Waals surface area (Å²) < 4.78 is 16.3. The Kier molecular flexibility index (Phi) is 5.77. The molecule has 0 saturated heterocycles. The first-order valence-electron chi connectivity index (χ1n) is 8.66. The first-order chi connectivity index (χ1) is 12.8. The fraction of sp³-hybridized carbons (Fsp3) is 0.350. The van der Waals surface area contributed by atoms with E-state index in [0.29, 0.717) is 40.8 Å². The van der Waals surface area contributed by atoms with E-state index in [1.54, 1.807) is 56.3 Å². The first-order valence-corrected chi connectivity index (χ1v) is 9.03. The average Bonchev–Trinajstić information content (AvgIpc) is 3.11. The van der Waals surface area contributed by atoms with Crippen LogP contribution in [0.1, 0.15) is 31.9 Å². The van der Waals surface area contributed by atoms with E-state index in [1.165, 1.54) is 0 Å². The molecule has 1 heterocycles. The Morgan fingerprint density at radius 2 is 1.93 bits per heavy atom. The zero-order chi connectivity index (χ0) is 19.4. The molecular weight excluding hydrogens is 370 g/mol. The van der Waals surface area contributed by atoms with E-state index in [1.807, 2.05) is 0 Å². The molecule has 2 aromatic carbocycles. The van der Waals surface area contributed by atoms with Crippen LogP contribution in [0, 0.1) is 0 Å². The van der Waals surface area contributed by atoms with Crippen molar-refractivity contribution in [3.63, 3.8) is 0 Å². The van der Waals surface area contributed by atoms with Crippen molar-refractivity contribution in [2.45, 2.75) is 32.0 Å². The minimum atomic E-state index is -1.06. The van der Waals surface area contributed by atoms with Crippen LogP contribution >= 0.6 is 11.6 Å². The van der Waals surface area contributed by atoms with Crippen LogP contribution in [0.25, 0.3) is 0 Å². The predicted molar refractivity (Wildman–Crippen MR) is 101 cm³/mol. The molecule has 0 radical (unpaired) electrons. The molecule has 0 fully saturated rings. The standard InChI is InChI=1S/C20H22ClNO5/c1-20(2,27-15-6-4-14(21)5-7-15)19(24)22-10-9-16(23)13-3-8-17-18(11-13)26-12-25-17/h3-8,11,16,23H,9-10,12H2,1-2H3,(H,22,24)/t16-/m0/s1. The largest absolute Gasteiger partial charge is 0.478 e. The third kappa shape index (κ3) is 4.84. The van der Waals surface area contributed by atoms with Crippen molar-refractivity contribution in [2.24, 2.45) is 0 Å². The summed E-state index contributed by atoms with van der Waals surface area (Å²) in [5.74, 6) is 1.57. The Balaban J connectivity index is 1.50. The lowest BCUT2D eigenvalue weighted by Crippen LogP contribution is -2.47. The highest BCUT2D eigenvalue weighted by Gasteiger charge is 2.29. The van der Waals surface area contributed by atoms with Crippen LogP contribution in [-0.2, 0) is 4.79 Å². The molecule has 0 aliphatic carbocycles. The van der Waals surface area contributed by atoms with E-state index >= 15 is 0 Å². The van der Waals surface area contributed by atoms with E-state index < -0.39 is 11.7 Å². The summed E-state index contributed by atoms with van der Waals surface area (Å²) in [6.07, 6.45) is -0.359. The summed E-state index contributed by atoms with van der Waals surface area (Å²) in [6, 6.07) is 12.1. The molecule has 0 spiro atoms. The van der Waals surface area contributed by atoms with Gasteiger partial charge in [0, 0.05) is 11.6 Å². The van der Waals surface area contributed by atoms with Crippen molar-refractivity contribution in [1.82, 2.24) is 5.32 Å². The Labute approximate surface area is 163 Å². The van der Waals surface area contributed by atoms with Gasteiger partial charge in [0.1, 0.15) is 5.75 Å². The second-order valence-corrected chi connectivity index (χ2v) is 7.18. The van der Waals surface area contributed by atoms with E-state index in [9.17, 15) is 9.90 Å². The summed E-state index contributed by atoms with van der Waals surface area (Å²) in [4.78, 5) is 12.4. The zero-order valence-electron chi connectivity index (χ0n) is 15.2. The molecule has 0 saturated carbocycles. The van der Waals surface area contributed by atoms with Gasteiger partial charge >= 0.3 is 0 Å². The number of ether oxygens (including phenoxy) is 3. The summed E-state index contributed by atoms with van der Waals surface area (Å²) >= 11 is 5.85. The molecule has 2 aromatic rings. The molecule has 144 valence electrons. The molecular formula is C20H22ClNO5. The molecule has 0 bridgehead atoms. The van der Waals surface area contributed by atoms with Crippen molar-refractivity contribution in [1.29, 1.82) is 0 Å². The third-order valence-corrected chi connectivity index (χ3v) is 4.47. The number of benzene rings is 2. The predicted octanol–water partition coefficient (Wildman–Crippen LogP) is 3.47. The summed E-state index contributed by atoms with van der Waals surface area (Å²) in [7, 11) is 0. The van der Waals surface area contributed by atoms with Gasteiger partial charge in [0.05, 0.1) is 6.10 Å². The quantitative estimate of drug-likeness (QED) is 0.755. The van der Waals surface area contributed by atoms with Gasteiger partial charge in [0.2, 0.25) is 6.79 Å². The lowest BCUT2D eigenvalue weighted by Gasteiger charge is -2.25. The molecule has 3 rings (SSSR count). The minimum absolute atomic E-state index is 0.188. The van der Waals surface area contributed by atoms with Gasteiger partial charge in [-0.3, -0.25) is 4.79 Å². The number of nitrogens with one attached hydrogen (secondary N) is 1. The summed E-state index contributed by atoms with van der Waals surface area (Å²) in [5.41, 5.74) is -0.345. The van der Waals surface area contributed by atoms with Gasteiger partial charge in [-0.15, -0.1) is 0 Å². The van der Waals surface area contributed by atoms with Gasteiger partial charge < -0.3 is 24.6 Å². The maximum atomic E-state index is 12.4. The number of aliphatic hydroxyl groups excluding tert-OH is 1. The second-order valence-electron chi connectivity index (χ2n) is 6.74. The molecule has 0 unspecified atom stereocenters. The van der Waals surface area contributed by atoms with Crippen LogP contribution in [0.5, 0.6) is 17.2 Å². The maximum absolute atomic E-state index is 12.4. The van der Waals surface area contributed by atoms with Crippen LogP contribution in [0.2, 0.25) is 5.02 Å². The highest BCUT2D eigenvalue weighted by molar-refractivity contribution is 6.30. The highest BCUT2D eigenvalue weighted by Crippen LogP contribution is 2.34. The van der Waals surface area contributed by atoms with Crippen molar-refractivity contribution >= 4 is 17.5 Å². The van der Waals surface area contributed by atoms with E-state index in [-0.39, 0.29) is 12.7 Å². The number of hydrogen-bond acceptors (Lipinski definition) is 5. The smallest absolute Gasteiger partial charge is 0.263 e. The molecule has 1 amide bonds. The van der Waals surface area contributed by atoms with Crippen molar-refractivity contribution < 1.29 is 24.1 Å². The van der Waals surface area contributed by atoms with E-state index in [2.05, 4.69) is 5.32 Å². The number of hydrogen-bond donors (Lipinski definition) is 2. The normalized spacial score (nSPS) is 13.9. The Morgan fingerprint density at radius 1 is 1.22 bits per heavy atom. The molecule has 0 aromatic heterocycles. The fourth-order valence-corrected chi connectivity index (χ4v) is 2.79. The van der Waals surface area contributed by atoms with Crippen LogP contribution < -0.4 is 19.5 Å². The summed E-state index contributed by atoms with van der Waals surface area (Å²) in [5, 5.41) is 13.7. The molecule has 1 atom stereocenters. The number of rotatable bonds is 7. The van der Waals surface area contributed by atoms with E-state index in [4.69, 9.17) is 25.8 Å². The van der Waals surface area contributed by atoms with Gasteiger partial charge in [-0.2, -0.15) is 0 Å². The molecule has 1 aliphatic heterocycles. The topological polar surface area (TPSA) is 77.0 Å². The molecule has 6 nitrogen and oxygen atoms in total. The van der Waals surface area contributed by atoms with Crippen molar-refractivity contribution in [3.05, 3.63) is 53.1 Å². The average molecular weight is 392 g/mol. The maximum Gasteiger partial charge on any atom is 0.263 e. The Bertz CT molecular complexity index is 807. The van der Waals surface area contributed by atoms with Gasteiger partial charge in [-0.1, -0.05) is 17.7 Å².